The molecule has 1 aromatic carbocycles. The molecule has 0 heterocycles. The predicted molar refractivity (Wildman–Crippen MR) is 71.1 cm³/mol. The minimum absolute atomic E-state index is 0.115. The predicted octanol–water partition coefficient (Wildman–Crippen LogP) is 3.47. The number of hydrogen-bond donors (Lipinski definition) is 0. The molecule has 94 valence electrons. The average molecular weight is 301 g/mol. The summed E-state index contributed by atoms with van der Waals surface area (Å²) in [5.41, 5.74) is 2.11. The second-order valence-corrected chi connectivity index (χ2v) is 4.81. The number of aldehydes is 1. The molecule has 0 aliphatic heterocycles. The van der Waals surface area contributed by atoms with Crippen molar-refractivity contribution < 1.29 is 14.3 Å². The highest BCUT2D eigenvalue weighted by Gasteiger charge is 2.20. The van der Waals surface area contributed by atoms with Crippen LogP contribution in [-0.4, -0.2) is 20.5 Å². The molecule has 0 saturated heterocycles. The maximum Gasteiger partial charge on any atom is 0.175 e. The number of carbonyl (C=O) groups excluding carboxylic acids is 1. The normalized spacial score (nSPS) is 12.1. The molecule has 1 aromatic rings. The van der Waals surface area contributed by atoms with Gasteiger partial charge in [0.15, 0.2) is 11.5 Å². The van der Waals surface area contributed by atoms with Crippen LogP contribution in [0.5, 0.6) is 11.5 Å². The van der Waals surface area contributed by atoms with E-state index in [1.807, 2.05) is 19.9 Å². The number of rotatable bonds is 5. The number of carbonyl (C=O) groups is 1. The number of ether oxygens (including phenoxy) is 2. The van der Waals surface area contributed by atoms with E-state index in [4.69, 9.17) is 9.47 Å². The van der Waals surface area contributed by atoms with Gasteiger partial charge in [-0.05, 0) is 40.4 Å². The third kappa shape index (κ3) is 2.80. The van der Waals surface area contributed by atoms with Crippen LogP contribution in [0, 0.1) is 6.92 Å². The van der Waals surface area contributed by atoms with Crippen LogP contribution in [0.2, 0.25) is 0 Å². The minimum Gasteiger partial charge on any atom is -0.493 e. The van der Waals surface area contributed by atoms with E-state index in [2.05, 4.69) is 15.9 Å². The van der Waals surface area contributed by atoms with Gasteiger partial charge in [0.05, 0.1) is 18.7 Å². The van der Waals surface area contributed by atoms with Gasteiger partial charge in [-0.25, -0.2) is 0 Å². The first kappa shape index (κ1) is 14.0. The molecule has 17 heavy (non-hydrogen) atoms. The molecule has 3 nitrogen and oxygen atoms in total. The first-order valence-electron chi connectivity index (χ1n) is 5.41. The van der Waals surface area contributed by atoms with Crippen LogP contribution in [0.3, 0.4) is 0 Å². The zero-order valence-electron chi connectivity index (χ0n) is 10.5. The molecule has 4 heteroatoms. The molecule has 0 amide bonds. The largest absolute Gasteiger partial charge is 0.493 e. The lowest BCUT2D eigenvalue weighted by atomic mass is 9.93. The molecular formula is C13H17BrO3. The maximum atomic E-state index is 10.6. The van der Waals surface area contributed by atoms with Crippen LogP contribution < -0.4 is 9.47 Å². The molecule has 0 fully saturated rings. The molecular weight excluding hydrogens is 284 g/mol. The summed E-state index contributed by atoms with van der Waals surface area (Å²) in [6.07, 6.45) is 1.40. The van der Waals surface area contributed by atoms with Crippen molar-refractivity contribution in [3.63, 3.8) is 0 Å². The third-order valence-corrected chi connectivity index (χ3v) is 3.38. The Labute approximate surface area is 110 Å². The van der Waals surface area contributed by atoms with Gasteiger partial charge in [0, 0.05) is 12.0 Å². The molecule has 0 aliphatic carbocycles. The summed E-state index contributed by atoms with van der Waals surface area (Å²) in [7, 11) is 3.22. The maximum absolute atomic E-state index is 10.6. The van der Waals surface area contributed by atoms with Crippen LogP contribution >= 0.6 is 15.9 Å². The highest BCUT2D eigenvalue weighted by Crippen LogP contribution is 2.43. The van der Waals surface area contributed by atoms with Gasteiger partial charge < -0.3 is 14.3 Å². The van der Waals surface area contributed by atoms with E-state index in [1.54, 1.807) is 14.2 Å². The quantitative estimate of drug-likeness (QED) is 0.781. The summed E-state index contributed by atoms with van der Waals surface area (Å²) in [5, 5.41) is 0. The molecule has 0 aliphatic rings. The first-order valence-corrected chi connectivity index (χ1v) is 6.20. The van der Waals surface area contributed by atoms with Crippen LogP contribution in [-0.2, 0) is 4.79 Å². The molecule has 1 atom stereocenters. The van der Waals surface area contributed by atoms with Gasteiger partial charge >= 0.3 is 0 Å². The smallest absolute Gasteiger partial charge is 0.175 e. The Morgan fingerprint density at radius 1 is 1.35 bits per heavy atom. The number of methoxy groups -OCH3 is 2. The average Bonchev–Trinajstić information content (AvgIpc) is 2.28. The number of halogens is 1. The second kappa shape index (κ2) is 6.05. The van der Waals surface area contributed by atoms with Gasteiger partial charge in [0.25, 0.3) is 0 Å². The molecule has 0 N–H and O–H groups in total. The Bertz CT molecular complexity index is 416. The first-order chi connectivity index (χ1) is 8.06. The molecule has 0 saturated carbocycles. The fourth-order valence-corrected chi connectivity index (χ4v) is 2.70. The van der Waals surface area contributed by atoms with Crippen molar-refractivity contribution in [1.82, 2.24) is 0 Å². The van der Waals surface area contributed by atoms with Gasteiger partial charge in [-0.1, -0.05) is 6.92 Å². The van der Waals surface area contributed by atoms with Gasteiger partial charge in [0.1, 0.15) is 6.29 Å². The van der Waals surface area contributed by atoms with Crippen LogP contribution in [0.25, 0.3) is 0 Å². The lowest BCUT2D eigenvalue weighted by Crippen LogP contribution is -2.04. The lowest BCUT2D eigenvalue weighted by Gasteiger charge is -2.20. The topological polar surface area (TPSA) is 35.5 Å². The SMILES string of the molecule is COc1c(Br)cc(C)c(C(C)CC=O)c1OC. The molecule has 1 rings (SSSR count). The van der Waals surface area contributed by atoms with Gasteiger partial charge in [-0.3, -0.25) is 0 Å². The van der Waals surface area contributed by atoms with Crippen LogP contribution in [0.15, 0.2) is 10.5 Å². The Kier molecular flexibility index (Phi) is 5.00. The van der Waals surface area contributed by atoms with E-state index in [1.165, 1.54) is 0 Å². The van der Waals surface area contributed by atoms with Crippen LogP contribution in [0.4, 0.5) is 0 Å². The fourth-order valence-electron chi connectivity index (χ4n) is 2.01. The third-order valence-electron chi connectivity index (χ3n) is 2.79. The summed E-state index contributed by atoms with van der Waals surface area (Å²) in [6.45, 7) is 4.01. The summed E-state index contributed by atoms with van der Waals surface area (Å²) in [4.78, 5) is 10.6. The molecule has 0 aromatic heterocycles. The van der Waals surface area contributed by atoms with E-state index in [9.17, 15) is 4.79 Å². The summed E-state index contributed by atoms with van der Waals surface area (Å²) in [6, 6.07) is 1.98. The number of hydrogen-bond acceptors (Lipinski definition) is 3. The Morgan fingerprint density at radius 3 is 2.41 bits per heavy atom. The highest BCUT2D eigenvalue weighted by atomic mass is 79.9. The zero-order valence-corrected chi connectivity index (χ0v) is 12.1. The van der Waals surface area contributed by atoms with Crippen molar-refractivity contribution in [3.8, 4) is 11.5 Å². The van der Waals surface area contributed by atoms with Crippen molar-refractivity contribution in [2.75, 3.05) is 14.2 Å². The summed E-state index contributed by atoms with van der Waals surface area (Å²) >= 11 is 3.45. The Balaban J connectivity index is 3.41. The van der Waals surface area contributed by atoms with Crippen LogP contribution in [0.1, 0.15) is 30.4 Å². The van der Waals surface area contributed by atoms with Crippen molar-refractivity contribution in [1.29, 1.82) is 0 Å². The van der Waals surface area contributed by atoms with E-state index < -0.39 is 0 Å². The van der Waals surface area contributed by atoms with Crippen molar-refractivity contribution >= 4 is 22.2 Å². The lowest BCUT2D eigenvalue weighted by molar-refractivity contribution is -0.108. The molecule has 0 spiro atoms. The van der Waals surface area contributed by atoms with Gasteiger partial charge in [-0.15, -0.1) is 0 Å². The Morgan fingerprint density at radius 2 is 1.94 bits per heavy atom. The van der Waals surface area contributed by atoms with Crippen molar-refractivity contribution in [2.24, 2.45) is 0 Å². The van der Waals surface area contributed by atoms with Gasteiger partial charge in [0.2, 0.25) is 0 Å². The minimum atomic E-state index is 0.115. The van der Waals surface area contributed by atoms with E-state index in [-0.39, 0.29) is 5.92 Å². The summed E-state index contributed by atoms with van der Waals surface area (Å²) in [5.74, 6) is 1.49. The molecule has 0 radical (unpaired) electrons. The monoisotopic (exact) mass is 300 g/mol. The van der Waals surface area contributed by atoms with E-state index >= 15 is 0 Å². The number of benzene rings is 1. The second-order valence-electron chi connectivity index (χ2n) is 3.96. The van der Waals surface area contributed by atoms with Crippen molar-refractivity contribution in [2.45, 2.75) is 26.2 Å². The van der Waals surface area contributed by atoms with Gasteiger partial charge in [-0.2, -0.15) is 0 Å². The molecule has 0 bridgehead atoms. The fraction of sp³-hybridized carbons (Fsp3) is 0.462. The van der Waals surface area contributed by atoms with E-state index in [0.717, 1.165) is 21.9 Å². The zero-order chi connectivity index (χ0) is 13.0. The van der Waals surface area contributed by atoms with E-state index in [0.29, 0.717) is 17.9 Å². The molecule has 1 unspecified atom stereocenters. The summed E-state index contributed by atoms with van der Waals surface area (Å²) < 4.78 is 11.6. The number of aryl methyl sites for hydroxylation is 1. The highest BCUT2D eigenvalue weighted by molar-refractivity contribution is 9.10. The standard InChI is InChI=1S/C13H17BrO3/c1-8(5-6-15)11-9(2)7-10(14)12(16-3)13(11)17-4/h6-8H,5H2,1-4H3. The van der Waals surface area contributed by atoms with Crippen molar-refractivity contribution in [3.05, 3.63) is 21.7 Å². The Hall–Kier alpha value is -1.03.